The fourth-order valence-electron chi connectivity index (χ4n) is 1.88. The van der Waals surface area contributed by atoms with Gasteiger partial charge in [0, 0.05) is 28.8 Å². The van der Waals surface area contributed by atoms with E-state index in [2.05, 4.69) is 21.0 Å². The summed E-state index contributed by atoms with van der Waals surface area (Å²) in [6.07, 6.45) is 5.68. The number of nitrogens with zero attached hydrogens (tertiary/aromatic N) is 2. The Bertz CT molecular complexity index is 519. The van der Waals surface area contributed by atoms with E-state index in [1.807, 2.05) is 37.6 Å². The van der Waals surface area contributed by atoms with Gasteiger partial charge in [-0.1, -0.05) is 27.5 Å². The van der Waals surface area contributed by atoms with Crippen LogP contribution in [0.25, 0.3) is 0 Å². The smallest absolute Gasteiger partial charge is 0.0521 e. The van der Waals surface area contributed by atoms with Gasteiger partial charge in [-0.2, -0.15) is 5.10 Å². The van der Waals surface area contributed by atoms with Gasteiger partial charge in [0.25, 0.3) is 0 Å². The summed E-state index contributed by atoms with van der Waals surface area (Å²) in [5, 5.41) is 4.85. The molecule has 0 aliphatic carbocycles. The van der Waals surface area contributed by atoms with Crippen LogP contribution in [0.1, 0.15) is 23.6 Å². The Morgan fingerprint density at radius 1 is 1.44 bits per heavy atom. The summed E-state index contributed by atoms with van der Waals surface area (Å²) in [4.78, 5) is 0. The number of nitrogens with two attached hydrogens (primary N) is 1. The Hall–Kier alpha value is -0.840. The normalized spacial score (nSPS) is 12.7. The average molecular weight is 329 g/mol. The van der Waals surface area contributed by atoms with Crippen molar-refractivity contribution >= 4 is 27.5 Å². The predicted molar refractivity (Wildman–Crippen MR) is 77.6 cm³/mol. The van der Waals surface area contributed by atoms with Crippen molar-refractivity contribution in [2.45, 2.75) is 18.9 Å². The number of aromatic nitrogens is 2. The number of aryl methyl sites for hydroxylation is 2. The molecule has 0 spiro atoms. The van der Waals surface area contributed by atoms with E-state index in [-0.39, 0.29) is 6.04 Å². The first-order valence-electron chi connectivity index (χ1n) is 5.73. The molecule has 1 unspecified atom stereocenters. The molecule has 0 bridgehead atoms. The minimum Gasteiger partial charge on any atom is -0.324 e. The molecule has 0 saturated carbocycles. The SMILES string of the molecule is Cn1cc(CCC(N)c2cc(Cl)cc(Br)c2)cn1. The zero-order valence-electron chi connectivity index (χ0n) is 10.1. The van der Waals surface area contributed by atoms with Gasteiger partial charge in [-0.15, -0.1) is 0 Å². The van der Waals surface area contributed by atoms with Crippen molar-refractivity contribution in [2.75, 3.05) is 0 Å². The highest BCUT2D eigenvalue weighted by molar-refractivity contribution is 9.10. The summed E-state index contributed by atoms with van der Waals surface area (Å²) in [5.41, 5.74) is 8.44. The first kappa shape index (κ1) is 13.6. The average Bonchev–Trinajstić information content (AvgIpc) is 2.70. The highest BCUT2D eigenvalue weighted by Crippen LogP contribution is 2.25. The van der Waals surface area contributed by atoms with Crippen molar-refractivity contribution in [3.05, 3.63) is 51.2 Å². The maximum atomic E-state index is 6.18. The zero-order valence-corrected chi connectivity index (χ0v) is 12.4. The molecule has 5 heteroatoms. The first-order chi connectivity index (χ1) is 8.54. The molecule has 0 radical (unpaired) electrons. The van der Waals surface area contributed by atoms with E-state index in [0.717, 1.165) is 22.9 Å². The summed E-state index contributed by atoms with van der Waals surface area (Å²) in [7, 11) is 1.91. The lowest BCUT2D eigenvalue weighted by atomic mass is 10.0. The van der Waals surface area contributed by atoms with E-state index in [9.17, 15) is 0 Å². The molecule has 18 heavy (non-hydrogen) atoms. The van der Waals surface area contributed by atoms with E-state index < -0.39 is 0 Å². The van der Waals surface area contributed by atoms with Gasteiger partial charge in [-0.3, -0.25) is 4.68 Å². The molecule has 0 saturated heterocycles. The van der Waals surface area contributed by atoms with Crippen LogP contribution in [0.2, 0.25) is 5.02 Å². The van der Waals surface area contributed by atoms with Crippen molar-refractivity contribution in [1.82, 2.24) is 9.78 Å². The monoisotopic (exact) mass is 327 g/mol. The van der Waals surface area contributed by atoms with Gasteiger partial charge < -0.3 is 5.73 Å². The van der Waals surface area contributed by atoms with Gasteiger partial charge in [-0.25, -0.2) is 0 Å². The van der Waals surface area contributed by atoms with Crippen molar-refractivity contribution in [1.29, 1.82) is 0 Å². The van der Waals surface area contributed by atoms with Crippen LogP contribution in [-0.4, -0.2) is 9.78 Å². The molecule has 1 atom stereocenters. The molecule has 1 aromatic heterocycles. The van der Waals surface area contributed by atoms with E-state index in [1.54, 1.807) is 4.68 Å². The lowest BCUT2D eigenvalue weighted by Gasteiger charge is -2.12. The molecule has 2 aromatic rings. The van der Waals surface area contributed by atoms with Crippen LogP contribution in [0.4, 0.5) is 0 Å². The highest BCUT2D eigenvalue weighted by Gasteiger charge is 2.09. The minimum atomic E-state index is -0.0137. The number of hydrogen-bond donors (Lipinski definition) is 1. The topological polar surface area (TPSA) is 43.8 Å². The lowest BCUT2D eigenvalue weighted by molar-refractivity contribution is 0.650. The lowest BCUT2D eigenvalue weighted by Crippen LogP contribution is -2.11. The third-order valence-electron chi connectivity index (χ3n) is 2.82. The van der Waals surface area contributed by atoms with Crippen LogP contribution >= 0.6 is 27.5 Å². The maximum absolute atomic E-state index is 6.18. The van der Waals surface area contributed by atoms with E-state index in [1.165, 1.54) is 5.56 Å². The summed E-state index contributed by atoms with van der Waals surface area (Å²) < 4.78 is 2.76. The van der Waals surface area contributed by atoms with Crippen molar-refractivity contribution in [3.8, 4) is 0 Å². The summed E-state index contributed by atoms with van der Waals surface area (Å²) in [5.74, 6) is 0. The van der Waals surface area contributed by atoms with Gasteiger partial charge in [0.1, 0.15) is 0 Å². The molecule has 1 heterocycles. The van der Waals surface area contributed by atoms with Gasteiger partial charge in [0.15, 0.2) is 0 Å². The Labute approximate surface area is 120 Å². The van der Waals surface area contributed by atoms with Crippen LogP contribution in [0.3, 0.4) is 0 Å². The molecule has 2 N–H and O–H groups in total. The largest absolute Gasteiger partial charge is 0.324 e. The number of halogens is 2. The third kappa shape index (κ3) is 3.57. The van der Waals surface area contributed by atoms with E-state index >= 15 is 0 Å². The van der Waals surface area contributed by atoms with Gasteiger partial charge in [0.05, 0.1) is 6.20 Å². The standard InChI is InChI=1S/C13H15BrClN3/c1-18-8-9(7-17-18)2-3-13(16)10-4-11(14)6-12(15)5-10/h4-8,13H,2-3,16H2,1H3. The fourth-order valence-corrected chi connectivity index (χ4v) is 2.77. The molecule has 96 valence electrons. The number of rotatable bonds is 4. The van der Waals surface area contributed by atoms with Gasteiger partial charge in [0.2, 0.25) is 0 Å². The van der Waals surface area contributed by atoms with Crippen LogP contribution in [-0.2, 0) is 13.5 Å². The van der Waals surface area contributed by atoms with Gasteiger partial charge >= 0.3 is 0 Å². The molecule has 0 amide bonds. The molecule has 2 rings (SSSR count). The van der Waals surface area contributed by atoms with Crippen LogP contribution < -0.4 is 5.73 Å². The summed E-state index contributed by atoms with van der Waals surface area (Å²) in [6, 6.07) is 5.78. The Morgan fingerprint density at radius 2 is 2.22 bits per heavy atom. The predicted octanol–water partition coefficient (Wildman–Crippen LogP) is 3.47. The molecule has 0 aliphatic heterocycles. The van der Waals surface area contributed by atoms with E-state index in [0.29, 0.717) is 5.02 Å². The molecule has 1 aromatic carbocycles. The maximum Gasteiger partial charge on any atom is 0.0521 e. The third-order valence-corrected chi connectivity index (χ3v) is 3.49. The van der Waals surface area contributed by atoms with Crippen LogP contribution in [0, 0.1) is 0 Å². The number of benzene rings is 1. The van der Waals surface area contributed by atoms with E-state index in [4.69, 9.17) is 17.3 Å². The second-order valence-electron chi connectivity index (χ2n) is 4.37. The molecular formula is C13H15BrClN3. The zero-order chi connectivity index (χ0) is 13.1. The Balaban J connectivity index is 2.01. The second kappa shape index (κ2) is 5.87. The molecular weight excluding hydrogens is 314 g/mol. The summed E-state index contributed by atoms with van der Waals surface area (Å²) in [6.45, 7) is 0. The minimum absolute atomic E-state index is 0.0137. The molecule has 3 nitrogen and oxygen atoms in total. The van der Waals surface area contributed by atoms with Crippen LogP contribution in [0.5, 0.6) is 0 Å². The molecule has 0 fully saturated rings. The highest BCUT2D eigenvalue weighted by atomic mass is 79.9. The first-order valence-corrected chi connectivity index (χ1v) is 6.91. The quantitative estimate of drug-likeness (QED) is 0.934. The second-order valence-corrected chi connectivity index (χ2v) is 5.72. The van der Waals surface area contributed by atoms with Gasteiger partial charge in [-0.05, 0) is 42.2 Å². The van der Waals surface area contributed by atoms with Crippen molar-refractivity contribution in [3.63, 3.8) is 0 Å². The Morgan fingerprint density at radius 3 is 2.83 bits per heavy atom. The van der Waals surface area contributed by atoms with Crippen molar-refractivity contribution < 1.29 is 0 Å². The fraction of sp³-hybridized carbons (Fsp3) is 0.308. The van der Waals surface area contributed by atoms with Crippen LogP contribution in [0.15, 0.2) is 35.1 Å². The number of hydrogen-bond acceptors (Lipinski definition) is 2. The Kier molecular flexibility index (Phi) is 4.43. The van der Waals surface area contributed by atoms with Crippen molar-refractivity contribution in [2.24, 2.45) is 12.8 Å². The summed E-state index contributed by atoms with van der Waals surface area (Å²) >= 11 is 9.44. The molecule has 0 aliphatic rings.